The van der Waals surface area contributed by atoms with E-state index in [9.17, 15) is 13.6 Å². The third-order valence-corrected chi connectivity index (χ3v) is 4.65. The van der Waals surface area contributed by atoms with Crippen LogP contribution in [0.25, 0.3) is 11.1 Å². The Morgan fingerprint density at radius 3 is 2.54 bits per heavy atom. The van der Waals surface area contributed by atoms with Crippen molar-refractivity contribution < 1.29 is 27.8 Å². The number of rotatable bonds is 7. The molecule has 1 aromatic heterocycles. The number of benzene rings is 2. The fourth-order valence-corrected chi connectivity index (χ4v) is 3.19. The van der Waals surface area contributed by atoms with Crippen LogP contribution in [0.5, 0.6) is 11.5 Å². The van der Waals surface area contributed by atoms with Crippen LogP contribution in [-0.2, 0) is 10.8 Å². The van der Waals surface area contributed by atoms with Crippen molar-refractivity contribution in [2.24, 2.45) is 0 Å². The highest BCUT2D eigenvalue weighted by molar-refractivity contribution is 7.09. The van der Waals surface area contributed by atoms with Crippen molar-refractivity contribution in [3.05, 3.63) is 64.6 Å². The van der Waals surface area contributed by atoms with Gasteiger partial charge in [0.2, 0.25) is 5.01 Å². The standard InChI is InChI=1S/C20H17F2NO4S/c1-3-26-18(24)16-12-28-19(23-16)20(21,22)27-14-10-8-13(9-11-14)15-6-4-5-7-17(15)25-2/h4-12H,3H2,1-2H3. The lowest BCUT2D eigenvalue weighted by molar-refractivity contribution is -0.185. The van der Waals surface area contributed by atoms with Crippen LogP contribution < -0.4 is 9.47 Å². The van der Waals surface area contributed by atoms with Crippen LogP contribution in [0.15, 0.2) is 53.9 Å². The number of aromatic nitrogens is 1. The van der Waals surface area contributed by atoms with Gasteiger partial charge in [-0.15, -0.1) is 11.3 Å². The maximum absolute atomic E-state index is 14.4. The number of para-hydroxylation sites is 1. The van der Waals surface area contributed by atoms with Crippen molar-refractivity contribution >= 4 is 17.3 Å². The summed E-state index contributed by atoms with van der Waals surface area (Å²) in [5.74, 6) is -0.103. The monoisotopic (exact) mass is 405 g/mol. The molecule has 0 saturated heterocycles. The molecule has 0 amide bonds. The van der Waals surface area contributed by atoms with E-state index in [0.29, 0.717) is 17.1 Å². The molecule has 0 radical (unpaired) electrons. The van der Waals surface area contributed by atoms with Gasteiger partial charge < -0.3 is 14.2 Å². The molecule has 2 aromatic carbocycles. The van der Waals surface area contributed by atoms with Crippen LogP contribution in [0.4, 0.5) is 8.78 Å². The second-order valence-electron chi connectivity index (χ2n) is 5.60. The predicted molar refractivity (Wildman–Crippen MR) is 101 cm³/mol. The van der Waals surface area contributed by atoms with Crippen LogP contribution in [0.2, 0.25) is 0 Å². The Balaban J connectivity index is 1.77. The van der Waals surface area contributed by atoms with E-state index in [1.165, 1.54) is 17.5 Å². The molecule has 0 aliphatic heterocycles. The third-order valence-electron chi connectivity index (χ3n) is 3.76. The first-order valence-corrected chi connectivity index (χ1v) is 9.26. The normalized spacial score (nSPS) is 11.1. The lowest BCUT2D eigenvalue weighted by Gasteiger charge is -2.16. The first kappa shape index (κ1) is 19.8. The van der Waals surface area contributed by atoms with Crippen LogP contribution in [0.3, 0.4) is 0 Å². The van der Waals surface area contributed by atoms with E-state index < -0.39 is 17.1 Å². The van der Waals surface area contributed by atoms with E-state index in [1.807, 2.05) is 24.3 Å². The topological polar surface area (TPSA) is 57.7 Å². The van der Waals surface area contributed by atoms with Crippen LogP contribution >= 0.6 is 11.3 Å². The molecule has 0 fully saturated rings. The summed E-state index contributed by atoms with van der Waals surface area (Å²) in [4.78, 5) is 15.2. The van der Waals surface area contributed by atoms with E-state index in [1.54, 1.807) is 26.2 Å². The van der Waals surface area contributed by atoms with E-state index in [2.05, 4.69) is 4.98 Å². The first-order chi connectivity index (χ1) is 13.4. The predicted octanol–water partition coefficient (Wildman–Crippen LogP) is 5.12. The summed E-state index contributed by atoms with van der Waals surface area (Å²) in [6, 6.07) is 13.6. The molecule has 146 valence electrons. The molecule has 28 heavy (non-hydrogen) atoms. The molecule has 0 unspecified atom stereocenters. The molecule has 0 aliphatic carbocycles. The molecule has 0 aliphatic rings. The quantitative estimate of drug-likeness (QED) is 0.511. The summed E-state index contributed by atoms with van der Waals surface area (Å²) in [5, 5.41) is 0.597. The number of hydrogen-bond donors (Lipinski definition) is 0. The van der Waals surface area contributed by atoms with Crippen LogP contribution in [0.1, 0.15) is 22.4 Å². The summed E-state index contributed by atoms with van der Waals surface area (Å²) in [6.45, 7) is 1.76. The Morgan fingerprint density at radius 1 is 1.14 bits per heavy atom. The summed E-state index contributed by atoms with van der Waals surface area (Å²) in [5.41, 5.74) is 1.46. The highest BCUT2D eigenvalue weighted by Gasteiger charge is 2.39. The number of nitrogens with zero attached hydrogens (tertiary/aromatic N) is 1. The molecular weight excluding hydrogens is 388 g/mol. The second-order valence-corrected chi connectivity index (χ2v) is 6.46. The minimum absolute atomic E-state index is 0.0310. The smallest absolute Gasteiger partial charge is 0.454 e. The van der Waals surface area contributed by atoms with Crippen molar-refractivity contribution in [1.82, 2.24) is 4.98 Å². The fourth-order valence-electron chi connectivity index (χ4n) is 2.48. The van der Waals surface area contributed by atoms with E-state index in [0.717, 1.165) is 11.1 Å². The lowest BCUT2D eigenvalue weighted by atomic mass is 10.0. The number of ether oxygens (including phenoxy) is 3. The largest absolute Gasteiger partial charge is 0.496 e. The van der Waals surface area contributed by atoms with Crippen molar-refractivity contribution in [3.8, 4) is 22.6 Å². The molecule has 0 saturated carbocycles. The zero-order chi connectivity index (χ0) is 20.1. The Bertz CT molecular complexity index is 957. The Hall–Kier alpha value is -3.00. The highest BCUT2D eigenvalue weighted by atomic mass is 32.1. The van der Waals surface area contributed by atoms with Crippen molar-refractivity contribution in [1.29, 1.82) is 0 Å². The highest BCUT2D eigenvalue weighted by Crippen LogP contribution is 2.35. The van der Waals surface area contributed by atoms with Gasteiger partial charge in [-0.3, -0.25) is 0 Å². The number of methoxy groups -OCH3 is 1. The van der Waals surface area contributed by atoms with Crippen molar-refractivity contribution in [2.45, 2.75) is 13.0 Å². The van der Waals surface area contributed by atoms with Gasteiger partial charge in [0.15, 0.2) is 5.69 Å². The molecule has 0 bridgehead atoms. The minimum Gasteiger partial charge on any atom is -0.496 e. The maximum atomic E-state index is 14.4. The molecule has 0 atom stereocenters. The summed E-state index contributed by atoms with van der Waals surface area (Å²) >= 11 is 0.631. The number of halogens is 2. The number of carbonyl (C=O) groups excluding carboxylic acids is 1. The Labute approximate surface area is 164 Å². The lowest BCUT2D eigenvalue weighted by Crippen LogP contribution is -2.22. The zero-order valence-electron chi connectivity index (χ0n) is 15.1. The molecular formula is C20H17F2NO4S. The molecule has 8 heteroatoms. The molecule has 0 N–H and O–H groups in total. The fraction of sp³-hybridized carbons (Fsp3) is 0.200. The molecule has 3 aromatic rings. The van der Waals surface area contributed by atoms with Crippen LogP contribution in [-0.4, -0.2) is 24.7 Å². The summed E-state index contributed by atoms with van der Waals surface area (Å²) < 4.78 is 43.7. The number of thiazole rings is 1. The molecule has 0 spiro atoms. The molecule has 5 nitrogen and oxygen atoms in total. The number of carbonyl (C=O) groups is 1. The number of alkyl halides is 2. The minimum atomic E-state index is -3.68. The van der Waals surface area contributed by atoms with Gasteiger partial charge in [-0.05, 0) is 30.7 Å². The SMILES string of the molecule is CCOC(=O)c1csc(C(F)(F)Oc2ccc(-c3ccccc3OC)cc2)n1. The van der Waals surface area contributed by atoms with Gasteiger partial charge in [0.25, 0.3) is 0 Å². The first-order valence-electron chi connectivity index (χ1n) is 8.38. The van der Waals surface area contributed by atoms with Crippen molar-refractivity contribution in [2.75, 3.05) is 13.7 Å². The van der Waals surface area contributed by atoms with E-state index in [-0.39, 0.29) is 18.1 Å². The van der Waals surface area contributed by atoms with E-state index >= 15 is 0 Å². The Morgan fingerprint density at radius 2 is 1.86 bits per heavy atom. The summed E-state index contributed by atoms with van der Waals surface area (Å²) in [6.07, 6.45) is -3.68. The van der Waals surface area contributed by atoms with Gasteiger partial charge in [-0.25, -0.2) is 9.78 Å². The van der Waals surface area contributed by atoms with Crippen LogP contribution in [0, 0.1) is 0 Å². The third kappa shape index (κ3) is 4.28. The molecule has 3 rings (SSSR count). The number of hydrogen-bond acceptors (Lipinski definition) is 6. The van der Waals surface area contributed by atoms with Gasteiger partial charge in [-0.1, -0.05) is 30.3 Å². The van der Waals surface area contributed by atoms with Gasteiger partial charge >= 0.3 is 12.1 Å². The van der Waals surface area contributed by atoms with Gasteiger partial charge in [0.05, 0.1) is 13.7 Å². The maximum Gasteiger partial charge on any atom is 0.454 e. The average Bonchev–Trinajstić information content (AvgIpc) is 3.20. The zero-order valence-corrected chi connectivity index (χ0v) is 16.0. The van der Waals surface area contributed by atoms with Gasteiger partial charge in [0.1, 0.15) is 11.5 Å². The second kappa shape index (κ2) is 8.35. The molecule has 1 heterocycles. The number of esters is 1. The Kier molecular flexibility index (Phi) is 5.89. The average molecular weight is 405 g/mol. The summed E-state index contributed by atoms with van der Waals surface area (Å²) in [7, 11) is 1.56. The van der Waals surface area contributed by atoms with Gasteiger partial charge in [0, 0.05) is 10.9 Å². The van der Waals surface area contributed by atoms with E-state index in [4.69, 9.17) is 14.2 Å². The van der Waals surface area contributed by atoms with Gasteiger partial charge in [-0.2, -0.15) is 8.78 Å². The van der Waals surface area contributed by atoms with Crippen molar-refractivity contribution in [3.63, 3.8) is 0 Å².